The van der Waals surface area contributed by atoms with Crippen molar-refractivity contribution in [3.05, 3.63) is 18.1 Å². The Bertz CT molecular complexity index is 372. The zero-order valence-corrected chi connectivity index (χ0v) is 9.17. The second kappa shape index (κ2) is 3.99. The summed E-state index contributed by atoms with van der Waals surface area (Å²) in [5.41, 5.74) is 6.56. The van der Waals surface area contributed by atoms with Gasteiger partial charge in [-0.2, -0.15) is 0 Å². The van der Waals surface area contributed by atoms with Crippen LogP contribution in [0.5, 0.6) is 0 Å². The fourth-order valence-corrected chi connectivity index (χ4v) is 2.56. The third kappa shape index (κ3) is 1.66. The molecule has 0 aliphatic carbocycles. The molecule has 2 atom stereocenters. The third-order valence-electron chi connectivity index (χ3n) is 3.29. The molecule has 0 amide bonds. The van der Waals surface area contributed by atoms with Gasteiger partial charge in [0.1, 0.15) is 0 Å². The molecule has 86 valence electrons. The summed E-state index contributed by atoms with van der Waals surface area (Å²) in [5, 5.41) is 0. The summed E-state index contributed by atoms with van der Waals surface area (Å²) >= 11 is 0. The van der Waals surface area contributed by atoms with Gasteiger partial charge in [0.25, 0.3) is 0 Å². The number of rotatable bonds is 2. The van der Waals surface area contributed by atoms with Gasteiger partial charge in [-0.15, -0.1) is 0 Å². The van der Waals surface area contributed by atoms with E-state index in [1.807, 2.05) is 0 Å². The van der Waals surface area contributed by atoms with Crippen molar-refractivity contribution in [2.75, 3.05) is 18.0 Å². The summed E-state index contributed by atoms with van der Waals surface area (Å²) in [4.78, 5) is 10.9. The van der Waals surface area contributed by atoms with E-state index in [-0.39, 0.29) is 0 Å². The van der Waals surface area contributed by atoms with Gasteiger partial charge in [-0.05, 0) is 12.8 Å². The molecular formula is C11H16N4O. The minimum atomic E-state index is 0.367. The van der Waals surface area contributed by atoms with Crippen molar-refractivity contribution in [2.45, 2.75) is 31.6 Å². The maximum atomic E-state index is 5.80. The molecule has 1 aromatic heterocycles. The zero-order valence-electron chi connectivity index (χ0n) is 9.17. The van der Waals surface area contributed by atoms with Gasteiger partial charge in [-0.1, -0.05) is 0 Å². The molecule has 5 heteroatoms. The summed E-state index contributed by atoms with van der Waals surface area (Å²) in [7, 11) is 0. The van der Waals surface area contributed by atoms with E-state index in [1.54, 1.807) is 12.4 Å². The molecule has 2 bridgehead atoms. The molecular weight excluding hydrogens is 204 g/mol. The van der Waals surface area contributed by atoms with Crippen molar-refractivity contribution in [3.8, 4) is 0 Å². The van der Waals surface area contributed by atoms with Gasteiger partial charge in [0, 0.05) is 32.0 Å². The average Bonchev–Trinajstić information content (AvgIpc) is 2.68. The number of aromatic nitrogens is 2. The van der Waals surface area contributed by atoms with Crippen LogP contribution in [0, 0.1) is 0 Å². The lowest BCUT2D eigenvalue weighted by Gasteiger charge is -2.33. The van der Waals surface area contributed by atoms with E-state index in [9.17, 15) is 0 Å². The number of hydrogen-bond acceptors (Lipinski definition) is 5. The van der Waals surface area contributed by atoms with E-state index in [2.05, 4.69) is 14.9 Å². The quantitative estimate of drug-likeness (QED) is 0.776. The smallest absolute Gasteiger partial charge is 0.151 e. The van der Waals surface area contributed by atoms with Crippen LogP contribution in [0.4, 0.5) is 5.82 Å². The fraction of sp³-hybridized carbons (Fsp3) is 0.636. The first-order valence-electron chi connectivity index (χ1n) is 5.77. The van der Waals surface area contributed by atoms with Gasteiger partial charge in [0.05, 0.1) is 17.9 Å². The Morgan fingerprint density at radius 3 is 2.62 bits per heavy atom. The number of nitrogens with zero attached hydrogens (tertiary/aromatic N) is 3. The first-order valence-corrected chi connectivity index (χ1v) is 5.77. The Morgan fingerprint density at radius 1 is 1.25 bits per heavy atom. The van der Waals surface area contributed by atoms with Crippen LogP contribution in [0.3, 0.4) is 0 Å². The van der Waals surface area contributed by atoms with E-state index < -0.39 is 0 Å². The Balaban J connectivity index is 1.86. The van der Waals surface area contributed by atoms with Gasteiger partial charge in [-0.3, -0.25) is 4.98 Å². The summed E-state index contributed by atoms with van der Waals surface area (Å²) in [6.07, 6.45) is 6.49. The van der Waals surface area contributed by atoms with Crippen molar-refractivity contribution in [1.82, 2.24) is 9.97 Å². The van der Waals surface area contributed by atoms with Crippen molar-refractivity contribution in [1.29, 1.82) is 0 Å². The van der Waals surface area contributed by atoms with Gasteiger partial charge in [0.2, 0.25) is 0 Å². The number of hydrogen-bond donors (Lipinski definition) is 1. The fourth-order valence-electron chi connectivity index (χ4n) is 2.56. The van der Waals surface area contributed by atoms with Gasteiger partial charge < -0.3 is 15.4 Å². The number of fused-ring (bicyclic) bond motifs is 2. The van der Waals surface area contributed by atoms with E-state index in [1.165, 1.54) is 12.8 Å². The van der Waals surface area contributed by atoms with Crippen LogP contribution in [0.25, 0.3) is 0 Å². The molecule has 5 nitrogen and oxygen atoms in total. The highest BCUT2D eigenvalue weighted by Crippen LogP contribution is 2.29. The topological polar surface area (TPSA) is 64.3 Å². The van der Waals surface area contributed by atoms with Crippen LogP contribution >= 0.6 is 0 Å². The maximum absolute atomic E-state index is 5.80. The number of anilines is 1. The minimum Gasteiger partial charge on any atom is -0.371 e. The molecule has 0 saturated carbocycles. The van der Waals surface area contributed by atoms with Crippen molar-refractivity contribution in [3.63, 3.8) is 0 Å². The second-order valence-electron chi connectivity index (χ2n) is 4.39. The lowest BCUT2D eigenvalue weighted by Crippen LogP contribution is -2.43. The van der Waals surface area contributed by atoms with Gasteiger partial charge >= 0.3 is 0 Å². The molecule has 0 spiro atoms. The van der Waals surface area contributed by atoms with Crippen molar-refractivity contribution in [2.24, 2.45) is 5.73 Å². The third-order valence-corrected chi connectivity index (χ3v) is 3.29. The molecule has 0 radical (unpaired) electrons. The highest BCUT2D eigenvalue weighted by molar-refractivity contribution is 5.44. The molecule has 2 unspecified atom stereocenters. The Kier molecular flexibility index (Phi) is 2.49. The predicted octanol–water partition coefficient (Wildman–Crippen LogP) is 0.303. The first-order chi connectivity index (χ1) is 7.86. The van der Waals surface area contributed by atoms with Crippen LogP contribution < -0.4 is 10.6 Å². The lowest BCUT2D eigenvalue weighted by molar-refractivity contribution is 0.0301. The SMILES string of the molecule is NCc1nccnc1N1CC2CCC(C1)O2. The zero-order chi connectivity index (χ0) is 11.0. The summed E-state index contributed by atoms with van der Waals surface area (Å²) in [6.45, 7) is 2.28. The minimum absolute atomic E-state index is 0.367. The monoisotopic (exact) mass is 220 g/mol. The van der Waals surface area contributed by atoms with Crippen LogP contribution in [0.2, 0.25) is 0 Å². The Hall–Kier alpha value is -1.20. The number of nitrogens with two attached hydrogens (primary N) is 1. The second-order valence-corrected chi connectivity index (χ2v) is 4.39. The standard InChI is InChI=1S/C11H16N4O/c12-5-10-11(14-4-3-13-10)15-6-8-1-2-9(7-15)16-8/h3-4,8-9H,1-2,5-7,12H2. The normalized spacial score (nSPS) is 28.4. The average molecular weight is 220 g/mol. The van der Waals surface area contributed by atoms with Crippen LogP contribution in [0.1, 0.15) is 18.5 Å². The molecule has 2 aliphatic heterocycles. The molecule has 2 aliphatic rings. The van der Waals surface area contributed by atoms with Crippen LogP contribution in [0.15, 0.2) is 12.4 Å². The summed E-state index contributed by atoms with van der Waals surface area (Å²) in [6, 6.07) is 0. The van der Waals surface area contributed by atoms with Crippen LogP contribution in [-0.4, -0.2) is 35.3 Å². The molecule has 3 heterocycles. The van der Waals surface area contributed by atoms with E-state index in [0.29, 0.717) is 18.8 Å². The molecule has 3 rings (SSSR count). The van der Waals surface area contributed by atoms with E-state index >= 15 is 0 Å². The first kappa shape index (κ1) is 9.99. The highest BCUT2D eigenvalue weighted by atomic mass is 16.5. The van der Waals surface area contributed by atoms with Crippen molar-refractivity contribution >= 4 is 5.82 Å². The van der Waals surface area contributed by atoms with Gasteiger partial charge in [0.15, 0.2) is 5.82 Å². The van der Waals surface area contributed by atoms with E-state index in [4.69, 9.17) is 10.5 Å². The summed E-state index contributed by atoms with van der Waals surface area (Å²) < 4.78 is 5.80. The Labute approximate surface area is 94.6 Å². The highest BCUT2D eigenvalue weighted by Gasteiger charge is 2.34. The molecule has 0 aromatic carbocycles. The summed E-state index contributed by atoms with van der Waals surface area (Å²) in [5.74, 6) is 0.935. The molecule has 2 N–H and O–H groups in total. The van der Waals surface area contributed by atoms with Gasteiger partial charge in [-0.25, -0.2) is 4.98 Å². The predicted molar refractivity (Wildman–Crippen MR) is 60.0 cm³/mol. The lowest BCUT2D eigenvalue weighted by atomic mass is 10.2. The Morgan fingerprint density at radius 2 is 1.94 bits per heavy atom. The molecule has 1 aromatic rings. The van der Waals surface area contributed by atoms with Crippen molar-refractivity contribution < 1.29 is 4.74 Å². The molecule has 16 heavy (non-hydrogen) atoms. The van der Waals surface area contributed by atoms with E-state index in [0.717, 1.165) is 24.6 Å². The molecule has 2 fully saturated rings. The maximum Gasteiger partial charge on any atom is 0.151 e. The molecule has 2 saturated heterocycles. The number of morpholine rings is 1. The largest absolute Gasteiger partial charge is 0.371 e. The van der Waals surface area contributed by atoms with Crippen LogP contribution in [-0.2, 0) is 11.3 Å². The number of ether oxygens (including phenoxy) is 1.